The number of likely N-dealkylation sites (N-methyl/N-ethyl adjacent to an activating group) is 1. The highest BCUT2D eigenvalue weighted by atomic mass is 16.5. The molecular weight excluding hydrogens is 262 g/mol. The summed E-state index contributed by atoms with van der Waals surface area (Å²) in [4.78, 5) is 14.1. The van der Waals surface area contributed by atoms with E-state index in [4.69, 9.17) is 4.74 Å². The fraction of sp³-hybridized carbons (Fsp3) is 0.500. The number of amides is 1. The predicted octanol–water partition coefficient (Wildman–Crippen LogP) is 3.50. The lowest BCUT2D eigenvalue weighted by Crippen LogP contribution is -2.36. The highest BCUT2D eigenvalue weighted by molar-refractivity contribution is 5.78. The zero-order chi connectivity index (χ0) is 15.2. The zero-order valence-electron chi connectivity index (χ0n) is 13.3. The molecule has 21 heavy (non-hydrogen) atoms. The van der Waals surface area contributed by atoms with Crippen molar-refractivity contribution in [1.82, 2.24) is 4.90 Å². The van der Waals surface area contributed by atoms with Crippen molar-refractivity contribution in [3.05, 3.63) is 41.5 Å². The highest BCUT2D eigenvalue weighted by Gasteiger charge is 2.21. The lowest BCUT2D eigenvalue weighted by atomic mass is 9.93. The first-order chi connectivity index (χ1) is 10.1. The molecule has 1 unspecified atom stereocenters. The second-order valence-corrected chi connectivity index (χ2v) is 5.91. The smallest absolute Gasteiger partial charge is 0.225 e. The van der Waals surface area contributed by atoms with Crippen LogP contribution >= 0.6 is 0 Å². The van der Waals surface area contributed by atoms with Crippen molar-refractivity contribution in [1.29, 1.82) is 0 Å². The maximum atomic E-state index is 12.3. The molecule has 0 fully saturated rings. The summed E-state index contributed by atoms with van der Waals surface area (Å²) >= 11 is 0. The second-order valence-electron chi connectivity index (χ2n) is 5.91. The minimum Gasteiger partial charge on any atom is -0.492 e. The van der Waals surface area contributed by atoms with Crippen LogP contribution in [0.25, 0.3) is 0 Å². The van der Waals surface area contributed by atoms with Crippen molar-refractivity contribution in [2.24, 2.45) is 5.92 Å². The average Bonchev–Trinajstić information content (AvgIpc) is 2.46. The number of rotatable bonds is 5. The van der Waals surface area contributed by atoms with Gasteiger partial charge in [-0.3, -0.25) is 4.79 Å². The topological polar surface area (TPSA) is 29.5 Å². The molecule has 0 N–H and O–H groups in total. The van der Waals surface area contributed by atoms with Gasteiger partial charge in [-0.2, -0.15) is 0 Å². The van der Waals surface area contributed by atoms with Crippen molar-refractivity contribution in [3.63, 3.8) is 0 Å². The molecule has 0 radical (unpaired) electrons. The first-order valence-corrected chi connectivity index (χ1v) is 7.67. The van der Waals surface area contributed by atoms with Crippen LogP contribution in [0.1, 0.15) is 30.4 Å². The largest absolute Gasteiger partial charge is 0.492 e. The van der Waals surface area contributed by atoms with E-state index in [2.05, 4.69) is 32.1 Å². The maximum absolute atomic E-state index is 12.3. The molecule has 0 heterocycles. The number of allylic oxidation sites excluding steroid dienone is 2. The number of hydrogen-bond donors (Lipinski definition) is 0. The van der Waals surface area contributed by atoms with Crippen LogP contribution in [-0.2, 0) is 4.79 Å². The van der Waals surface area contributed by atoms with Crippen LogP contribution in [-0.4, -0.2) is 31.0 Å². The molecule has 0 aliphatic heterocycles. The first-order valence-electron chi connectivity index (χ1n) is 7.67. The van der Waals surface area contributed by atoms with Gasteiger partial charge in [-0.25, -0.2) is 0 Å². The van der Waals surface area contributed by atoms with Crippen molar-refractivity contribution in [2.75, 3.05) is 20.2 Å². The van der Waals surface area contributed by atoms with E-state index in [-0.39, 0.29) is 11.8 Å². The van der Waals surface area contributed by atoms with Crippen LogP contribution in [0.15, 0.2) is 30.4 Å². The Kier molecular flexibility index (Phi) is 5.43. The molecule has 3 nitrogen and oxygen atoms in total. The molecule has 114 valence electrons. The summed E-state index contributed by atoms with van der Waals surface area (Å²) in [5.41, 5.74) is 2.40. The SMILES string of the molecule is Cc1cc(C)cc(OCCN(C)C(=O)C2CC=CCC2)c1. The van der Waals surface area contributed by atoms with Crippen molar-refractivity contribution in [2.45, 2.75) is 33.1 Å². The summed E-state index contributed by atoms with van der Waals surface area (Å²) in [7, 11) is 1.87. The fourth-order valence-corrected chi connectivity index (χ4v) is 2.76. The molecule has 2 rings (SSSR count). The summed E-state index contributed by atoms with van der Waals surface area (Å²) in [6.45, 7) is 5.29. The first kappa shape index (κ1) is 15.6. The normalized spacial score (nSPS) is 17.6. The van der Waals surface area contributed by atoms with Gasteiger partial charge in [0.1, 0.15) is 12.4 Å². The minimum atomic E-state index is 0.154. The molecule has 0 bridgehead atoms. The van der Waals surface area contributed by atoms with Gasteiger partial charge in [0.15, 0.2) is 0 Å². The van der Waals surface area contributed by atoms with Gasteiger partial charge in [0.05, 0.1) is 6.54 Å². The van der Waals surface area contributed by atoms with Gasteiger partial charge in [-0.1, -0.05) is 18.2 Å². The number of benzene rings is 1. The van der Waals surface area contributed by atoms with Crippen molar-refractivity contribution in [3.8, 4) is 5.75 Å². The summed E-state index contributed by atoms with van der Waals surface area (Å²) in [5.74, 6) is 1.28. The van der Waals surface area contributed by atoms with Crippen LogP contribution in [0.2, 0.25) is 0 Å². The monoisotopic (exact) mass is 287 g/mol. The van der Waals surface area contributed by atoms with Crippen molar-refractivity contribution < 1.29 is 9.53 Å². The molecule has 1 atom stereocenters. The predicted molar refractivity (Wildman–Crippen MR) is 85.5 cm³/mol. The van der Waals surface area contributed by atoms with Crippen LogP contribution in [0.3, 0.4) is 0 Å². The molecule has 0 spiro atoms. The van der Waals surface area contributed by atoms with E-state index in [0.29, 0.717) is 13.2 Å². The van der Waals surface area contributed by atoms with Crippen LogP contribution < -0.4 is 4.74 Å². The third-order valence-electron chi connectivity index (χ3n) is 3.89. The Morgan fingerprint density at radius 2 is 1.95 bits per heavy atom. The molecule has 1 aromatic carbocycles. The molecule has 3 heteroatoms. The lowest BCUT2D eigenvalue weighted by Gasteiger charge is -2.24. The quantitative estimate of drug-likeness (QED) is 0.776. The van der Waals surface area contributed by atoms with E-state index in [1.54, 1.807) is 4.90 Å². The van der Waals surface area contributed by atoms with Gasteiger partial charge >= 0.3 is 0 Å². The Balaban J connectivity index is 1.79. The third-order valence-corrected chi connectivity index (χ3v) is 3.89. The Morgan fingerprint density at radius 1 is 1.24 bits per heavy atom. The van der Waals surface area contributed by atoms with Crippen LogP contribution in [0, 0.1) is 19.8 Å². The van der Waals surface area contributed by atoms with Gasteiger partial charge in [0.25, 0.3) is 0 Å². The summed E-state index contributed by atoms with van der Waals surface area (Å²) in [6.07, 6.45) is 7.14. The van der Waals surface area contributed by atoms with E-state index < -0.39 is 0 Å². The minimum absolute atomic E-state index is 0.154. The summed E-state index contributed by atoms with van der Waals surface area (Å²) < 4.78 is 5.77. The number of aryl methyl sites for hydroxylation is 2. The fourth-order valence-electron chi connectivity index (χ4n) is 2.76. The van der Waals surface area contributed by atoms with Crippen molar-refractivity contribution >= 4 is 5.91 Å². The number of ether oxygens (including phenoxy) is 1. The molecule has 1 aromatic rings. The molecule has 0 saturated heterocycles. The standard InChI is InChI=1S/C18H25NO2/c1-14-11-15(2)13-17(12-14)21-10-9-19(3)18(20)16-7-5-4-6-8-16/h4-5,11-13,16H,6-10H2,1-3H3. The Hall–Kier alpha value is -1.77. The number of hydrogen-bond acceptors (Lipinski definition) is 2. The van der Waals surface area contributed by atoms with E-state index in [1.165, 1.54) is 11.1 Å². The van der Waals surface area contributed by atoms with Gasteiger partial charge < -0.3 is 9.64 Å². The zero-order valence-corrected chi connectivity index (χ0v) is 13.3. The molecular formula is C18H25NO2. The van der Waals surface area contributed by atoms with Gasteiger partial charge in [-0.05, 0) is 56.4 Å². The number of nitrogens with zero attached hydrogens (tertiary/aromatic N) is 1. The van der Waals surface area contributed by atoms with E-state index >= 15 is 0 Å². The van der Waals surface area contributed by atoms with Crippen LogP contribution in [0.5, 0.6) is 5.75 Å². The molecule has 1 aliphatic rings. The Labute approximate surface area is 127 Å². The average molecular weight is 287 g/mol. The summed E-state index contributed by atoms with van der Waals surface area (Å²) in [6, 6.07) is 6.18. The second kappa shape index (κ2) is 7.30. The maximum Gasteiger partial charge on any atom is 0.225 e. The highest BCUT2D eigenvalue weighted by Crippen LogP contribution is 2.20. The van der Waals surface area contributed by atoms with E-state index in [0.717, 1.165) is 25.0 Å². The number of carbonyl (C=O) groups is 1. The van der Waals surface area contributed by atoms with Crippen LogP contribution in [0.4, 0.5) is 0 Å². The molecule has 0 saturated carbocycles. The van der Waals surface area contributed by atoms with Gasteiger partial charge in [0.2, 0.25) is 5.91 Å². The van der Waals surface area contributed by atoms with E-state index in [9.17, 15) is 4.79 Å². The number of carbonyl (C=O) groups excluding carboxylic acids is 1. The Morgan fingerprint density at radius 3 is 2.57 bits per heavy atom. The van der Waals surface area contributed by atoms with Gasteiger partial charge in [-0.15, -0.1) is 0 Å². The lowest BCUT2D eigenvalue weighted by molar-refractivity contribution is -0.134. The summed E-state index contributed by atoms with van der Waals surface area (Å²) in [5, 5.41) is 0. The molecule has 1 amide bonds. The molecule has 1 aliphatic carbocycles. The molecule has 0 aromatic heterocycles. The van der Waals surface area contributed by atoms with E-state index in [1.807, 2.05) is 19.2 Å². The van der Waals surface area contributed by atoms with Gasteiger partial charge in [0, 0.05) is 13.0 Å². The third kappa shape index (κ3) is 4.62. The Bertz CT molecular complexity index is 502.